The summed E-state index contributed by atoms with van der Waals surface area (Å²) in [5.74, 6) is -0.0674. The summed E-state index contributed by atoms with van der Waals surface area (Å²) in [4.78, 5) is 11.5. The molecule has 1 aliphatic rings. The van der Waals surface area contributed by atoms with Gasteiger partial charge in [-0.3, -0.25) is 0 Å². The Morgan fingerprint density at radius 1 is 1.20 bits per heavy atom. The van der Waals surface area contributed by atoms with Crippen molar-refractivity contribution in [2.45, 2.75) is 19.8 Å². The summed E-state index contributed by atoms with van der Waals surface area (Å²) in [7, 11) is 0. The van der Waals surface area contributed by atoms with Crippen LogP contribution in [0.15, 0.2) is 36.4 Å². The van der Waals surface area contributed by atoms with Gasteiger partial charge in [0, 0.05) is 5.56 Å². The van der Waals surface area contributed by atoms with Gasteiger partial charge in [-0.15, -0.1) is 0 Å². The van der Waals surface area contributed by atoms with Gasteiger partial charge in [0.05, 0.1) is 12.2 Å². The third kappa shape index (κ3) is 2.16. The third-order valence-electron chi connectivity index (χ3n) is 3.63. The van der Waals surface area contributed by atoms with Crippen LogP contribution in [0, 0.1) is 6.92 Å². The Bertz CT molecular complexity index is 674. The van der Waals surface area contributed by atoms with Crippen LogP contribution in [0.4, 0.5) is 0 Å². The average Bonchev–Trinajstić information content (AvgIpc) is 2.46. The van der Waals surface area contributed by atoms with Crippen LogP contribution in [0.2, 0.25) is 0 Å². The van der Waals surface area contributed by atoms with Gasteiger partial charge < -0.3 is 9.84 Å². The number of aryl methyl sites for hydroxylation is 2. The number of rotatable bonds is 2. The van der Waals surface area contributed by atoms with Crippen molar-refractivity contribution in [2.75, 3.05) is 6.61 Å². The van der Waals surface area contributed by atoms with Crippen LogP contribution in [0.25, 0.3) is 11.1 Å². The molecule has 0 spiro atoms. The number of carbonyl (C=O) groups is 1. The molecular weight excluding hydrogens is 252 g/mol. The lowest BCUT2D eigenvalue weighted by molar-refractivity contribution is 0.0697. The Hall–Kier alpha value is -2.29. The van der Waals surface area contributed by atoms with Gasteiger partial charge in [-0.05, 0) is 37.0 Å². The van der Waals surface area contributed by atoms with Crippen molar-refractivity contribution in [2.24, 2.45) is 0 Å². The van der Waals surface area contributed by atoms with Crippen LogP contribution in [-0.2, 0) is 6.42 Å². The van der Waals surface area contributed by atoms with Gasteiger partial charge in [-0.2, -0.15) is 0 Å². The Morgan fingerprint density at radius 3 is 2.85 bits per heavy atom. The highest BCUT2D eigenvalue weighted by Crippen LogP contribution is 2.37. The van der Waals surface area contributed by atoms with Crippen LogP contribution < -0.4 is 4.74 Å². The first-order valence-corrected chi connectivity index (χ1v) is 6.76. The van der Waals surface area contributed by atoms with E-state index in [1.54, 1.807) is 6.07 Å². The van der Waals surface area contributed by atoms with Crippen molar-refractivity contribution in [1.82, 2.24) is 0 Å². The normalized spacial score (nSPS) is 13.4. The maximum absolute atomic E-state index is 11.5. The predicted octanol–water partition coefficient (Wildman–Crippen LogP) is 3.69. The number of aromatic carboxylic acids is 1. The molecule has 2 aromatic rings. The summed E-state index contributed by atoms with van der Waals surface area (Å²) < 4.78 is 5.78. The van der Waals surface area contributed by atoms with Crippen molar-refractivity contribution < 1.29 is 14.6 Å². The van der Waals surface area contributed by atoms with Crippen LogP contribution in [0.3, 0.4) is 0 Å². The Labute approximate surface area is 117 Å². The average molecular weight is 268 g/mol. The van der Waals surface area contributed by atoms with E-state index >= 15 is 0 Å². The van der Waals surface area contributed by atoms with Gasteiger partial charge in [0.25, 0.3) is 0 Å². The van der Waals surface area contributed by atoms with Crippen LogP contribution in [-0.4, -0.2) is 17.7 Å². The van der Waals surface area contributed by atoms with Crippen molar-refractivity contribution in [1.29, 1.82) is 0 Å². The molecule has 0 fully saturated rings. The highest BCUT2D eigenvalue weighted by molar-refractivity contribution is 5.97. The summed E-state index contributed by atoms with van der Waals surface area (Å²) >= 11 is 0. The maximum Gasteiger partial charge on any atom is 0.336 e. The van der Waals surface area contributed by atoms with E-state index < -0.39 is 5.97 Å². The minimum absolute atomic E-state index is 0.326. The molecule has 1 aliphatic heterocycles. The molecule has 3 rings (SSSR count). The summed E-state index contributed by atoms with van der Waals surface area (Å²) in [6, 6.07) is 11.5. The van der Waals surface area contributed by atoms with Crippen LogP contribution >= 0.6 is 0 Å². The molecule has 3 nitrogen and oxygen atoms in total. The number of carboxylic acid groups (broad SMARTS) is 1. The molecule has 1 N–H and O–H groups in total. The van der Waals surface area contributed by atoms with Crippen molar-refractivity contribution >= 4 is 5.97 Å². The first-order chi connectivity index (χ1) is 9.66. The first kappa shape index (κ1) is 12.7. The smallest absolute Gasteiger partial charge is 0.336 e. The number of benzene rings is 2. The molecule has 2 aromatic carbocycles. The second-order valence-corrected chi connectivity index (χ2v) is 5.10. The lowest BCUT2D eigenvalue weighted by Gasteiger charge is -2.21. The van der Waals surface area contributed by atoms with Crippen LogP contribution in [0.1, 0.15) is 27.9 Å². The Balaban J connectivity index is 2.21. The van der Waals surface area contributed by atoms with E-state index in [-0.39, 0.29) is 0 Å². The standard InChI is InChI=1S/C17H16O3/c1-11-7-8-13(15(10-11)17(18)19)14-6-2-4-12-5-3-9-20-16(12)14/h2,4,6-8,10H,3,5,9H2,1H3,(H,18,19). The molecule has 0 bridgehead atoms. The molecule has 0 saturated carbocycles. The third-order valence-corrected chi connectivity index (χ3v) is 3.63. The number of hydrogen-bond donors (Lipinski definition) is 1. The molecular formula is C17H16O3. The number of carboxylic acids is 1. The molecule has 0 amide bonds. The number of para-hydroxylation sites is 1. The first-order valence-electron chi connectivity index (χ1n) is 6.76. The molecule has 0 radical (unpaired) electrons. The van der Waals surface area contributed by atoms with Gasteiger partial charge in [0.2, 0.25) is 0 Å². The minimum atomic E-state index is -0.905. The van der Waals surface area contributed by atoms with E-state index in [1.807, 2.05) is 37.3 Å². The number of fused-ring (bicyclic) bond motifs is 1. The second-order valence-electron chi connectivity index (χ2n) is 5.10. The molecule has 102 valence electrons. The Morgan fingerprint density at radius 2 is 2.05 bits per heavy atom. The highest BCUT2D eigenvalue weighted by atomic mass is 16.5. The lowest BCUT2D eigenvalue weighted by atomic mass is 9.93. The van der Waals surface area contributed by atoms with Crippen molar-refractivity contribution in [3.05, 3.63) is 53.1 Å². The molecule has 0 saturated heterocycles. The van der Waals surface area contributed by atoms with Gasteiger partial charge >= 0.3 is 5.97 Å². The van der Waals surface area contributed by atoms with E-state index in [1.165, 1.54) is 0 Å². The zero-order valence-electron chi connectivity index (χ0n) is 11.3. The van der Waals surface area contributed by atoms with Gasteiger partial charge in [-0.1, -0.05) is 35.9 Å². The van der Waals surface area contributed by atoms with Gasteiger partial charge in [0.15, 0.2) is 0 Å². The molecule has 0 unspecified atom stereocenters. The largest absolute Gasteiger partial charge is 0.493 e. The van der Waals surface area contributed by atoms with Crippen molar-refractivity contribution in [3.63, 3.8) is 0 Å². The molecule has 20 heavy (non-hydrogen) atoms. The monoisotopic (exact) mass is 268 g/mol. The quantitative estimate of drug-likeness (QED) is 0.903. The van der Waals surface area contributed by atoms with E-state index in [2.05, 4.69) is 0 Å². The van der Waals surface area contributed by atoms with Gasteiger partial charge in [0.1, 0.15) is 5.75 Å². The summed E-state index contributed by atoms with van der Waals surface area (Å²) in [5.41, 5.74) is 4.02. The fraction of sp³-hybridized carbons (Fsp3) is 0.235. The summed E-state index contributed by atoms with van der Waals surface area (Å²) in [5, 5.41) is 9.41. The minimum Gasteiger partial charge on any atom is -0.493 e. The lowest BCUT2D eigenvalue weighted by Crippen LogP contribution is -2.10. The SMILES string of the molecule is Cc1ccc(-c2cccc3c2OCCC3)c(C(=O)O)c1. The van der Waals surface area contributed by atoms with E-state index in [0.717, 1.165) is 40.8 Å². The number of hydrogen-bond acceptors (Lipinski definition) is 2. The molecule has 3 heteroatoms. The molecule has 0 atom stereocenters. The summed E-state index contributed by atoms with van der Waals surface area (Å²) in [6.07, 6.45) is 1.99. The second kappa shape index (κ2) is 5.00. The van der Waals surface area contributed by atoms with E-state index in [0.29, 0.717) is 12.2 Å². The fourth-order valence-corrected chi connectivity index (χ4v) is 2.67. The Kier molecular flexibility index (Phi) is 3.18. The van der Waals surface area contributed by atoms with E-state index in [4.69, 9.17) is 4.74 Å². The maximum atomic E-state index is 11.5. The number of ether oxygens (including phenoxy) is 1. The van der Waals surface area contributed by atoms with E-state index in [9.17, 15) is 9.90 Å². The van der Waals surface area contributed by atoms with Crippen LogP contribution in [0.5, 0.6) is 5.75 Å². The van der Waals surface area contributed by atoms with Gasteiger partial charge in [-0.25, -0.2) is 4.79 Å². The zero-order chi connectivity index (χ0) is 14.1. The summed E-state index contributed by atoms with van der Waals surface area (Å²) in [6.45, 7) is 2.59. The fourth-order valence-electron chi connectivity index (χ4n) is 2.67. The zero-order valence-corrected chi connectivity index (χ0v) is 11.3. The molecule has 0 aliphatic carbocycles. The molecule has 0 aromatic heterocycles. The topological polar surface area (TPSA) is 46.5 Å². The predicted molar refractivity (Wildman–Crippen MR) is 77.4 cm³/mol. The highest BCUT2D eigenvalue weighted by Gasteiger charge is 2.19. The molecule has 1 heterocycles. The van der Waals surface area contributed by atoms with Crippen molar-refractivity contribution in [3.8, 4) is 16.9 Å².